The summed E-state index contributed by atoms with van der Waals surface area (Å²) in [6, 6.07) is 1.77. The number of ether oxygens (including phenoxy) is 1. The third kappa shape index (κ3) is 3.13. The van der Waals surface area contributed by atoms with Gasteiger partial charge in [0, 0.05) is 25.0 Å². The summed E-state index contributed by atoms with van der Waals surface area (Å²) in [5.74, 6) is -1.77. The first-order valence-electron chi connectivity index (χ1n) is 6.83. The van der Waals surface area contributed by atoms with Crippen molar-refractivity contribution in [1.29, 1.82) is 0 Å². The summed E-state index contributed by atoms with van der Waals surface area (Å²) in [7, 11) is 1.60. The van der Waals surface area contributed by atoms with Gasteiger partial charge in [0.25, 0.3) is 5.56 Å². The molecule has 1 unspecified atom stereocenters. The highest BCUT2D eigenvalue weighted by Crippen LogP contribution is 2.21. The second-order valence-electron chi connectivity index (χ2n) is 5.03. The molecule has 0 radical (unpaired) electrons. The van der Waals surface area contributed by atoms with Crippen LogP contribution in [0.25, 0.3) is 10.9 Å². The number of fused-ring (bicyclic) bond motifs is 1. The van der Waals surface area contributed by atoms with Crippen LogP contribution < -0.4 is 5.56 Å². The van der Waals surface area contributed by atoms with Gasteiger partial charge in [-0.2, -0.15) is 0 Å². The molecule has 120 valence electrons. The highest BCUT2D eigenvalue weighted by Gasteiger charge is 2.13. The highest BCUT2D eigenvalue weighted by atomic mass is 32.1. The lowest BCUT2D eigenvalue weighted by Gasteiger charge is -2.04. The first-order chi connectivity index (χ1) is 11.0. The fourth-order valence-corrected chi connectivity index (χ4v) is 2.98. The second kappa shape index (κ2) is 6.13. The Labute approximate surface area is 134 Å². The molecule has 1 aromatic carbocycles. The number of benzene rings is 1. The number of H-pyrrole nitrogens is 1. The molecule has 0 aliphatic carbocycles. The second-order valence-corrected chi connectivity index (χ2v) is 5.92. The van der Waals surface area contributed by atoms with Crippen molar-refractivity contribution < 1.29 is 13.5 Å². The molecule has 1 atom stereocenters. The van der Waals surface area contributed by atoms with Crippen LogP contribution in [-0.4, -0.2) is 22.1 Å². The van der Waals surface area contributed by atoms with Crippen molar-refractivity contribution in [1.82, 2.24) is 15.0 Å². The average Bonchev–Trinajstić information content (AvgIpc) is 2.97. The maximum atomic E-state index is 13.3. The van der Waals surface area contributed by atoms with Crippen LogP contribution >= 0.6 is 11.3 Å². The monoisotopic (exact) mass is 337 g/mol. The number of rotatable bonds is 4. The molecule has 8 heteroatoms. The van der Waals surface area contributed by atoms with Gasteiger partial charge >= 0.3 is 0 Å². The summed E-state index contributed by atoms with van der Waals surface area (Å²) in [5, 5.41) is 2.68. The van der Waals surface area contributed by atoms with Crippen LogP contribution in [0.4, 0.5) is 8.78 Å². The molecule has 1 N–H and O–H groups in total. The predicted molar refractivity (Wildman–Crippen MR) is 82.6 cm³/mol. The standard InChI is InChI=1S/C15H13F2N3O2S/c1-7(22-2)15-18-8(6-23-15)3-13-19-12-5-11(17)10(16)4-9(12)14(21)20-13/h4-7H,3H2,1-2H3,(H,19,20,21). The molecule has 2 heterocycles. The molecule has 0 saturated carbocycles. The number of hydrogen-bond donors (Lipinski definition) is 1. The van der Waals surface area contributed by atoms with Crippen molar-refractivity contribution in [3.63, 3.8) is 0 Å². The zero-order valence-electron chi connectivity index (χ0n) is 12.4. The van der Waals surface area contributed by atoms with E-state index in [4.69, 9.17) is 4.74 Å². The summed E-state index contributed by atoms with van der Waals surface area (Å²) in [6.45, 7) is 1.89. The van der Waals surface area contributed by atoms with Crippen molar-refractivity contribution in [2.24, 2.45) is 0 Å². The van der Waals surface area contributed by atoms with E-state index in [1.807, 2.05) is 12.3 Å². The largest absolute Gasteiger partial charge is 0.375 e. The van der Waals surface area contributed by atoms with Gasteiger partial charge in [-0.25, -0.2) is 18.7 Å². The van der Waals surface area contributed by atoms with E-state index in [2.05, 4.69) is 15.0 Å². The van der Waals surface area contributed by atoms with E-state index in [1.165, 1.54) is 11.3 Å². The van der Waals surface area contributed by atoms with E-state index in [-0.39, 0.29) is 23.4 Å². The Kier molecular flexibility index (Phi) is 4.18. The average molecular weight is 337 g/mol. The minimum Gasteiger partial charge on any atom is -0.375 e. The van der Waals surface area contributed by atoms with E-state index in [1.54, 1.807) is 7.11 Å². The van der Waals surface area contributed by atoms with Crippen LogP contribution in [0.2, 0.25) is 0 Å². The first kappa shape index (κ1) is 15.7. The molecule has 5 nitrogen and oxygen atoms in total. The summed E-state index contributed by atoms with van der Waals surface area (Å²) in [4.78, 5) is 23.2. The van der Waals surface area contributed by atoms with E-state index < -0.39 is 17.2 Å². The number of nitrogens with one attached hydrogen (secondary N) is 1. The molecular weight excluding hydrogens is 324 g/mol. The zero-order valence-corrected chi connectivity index (χ0v) is 13.2. The smallest absolute Gasteiger partial charge is 0.258 e. The van der Waals surface area contributed by atoms with Gasteiger partial charge in [0.1, 0.15) is 16.9 Å². The molecule has 0 bridgehead atoms. The van der Waals surface area contributed by atoms with Gasteiger partial charge in [0.2, 0.25) is 0 Å². The van der Waals surface area contributed by atoms with Crippen molar-refractivity contribution in [2.45, 2.75) is 19.4 Å². The van der Waals surface area contributed by atoms with Gasteiger partial charge in [-0.15, -0.1) is 11.3 Å². The van der Waals surface area contributed by atoms with Crippen molar-refractivity contribution in [3.05, 3.63) is 56.0 Å². The molecule has 2 aromatic heterocycles. The Morgan fingerprint density at radius 2 is 2.04 bits per heavy atom. The van der Waals surface area contributed by atoms with Crippen LogP contribution in [0.15, 0.2) is 22.3 Å². The van der Waals surface area contributed by atoms with Crippen LogP contribution in [0.1, 0.15) is 29.6 Å². The SMILES string of the molecule is COC(C)c1nc(Cc2nc3cc(F)c(F)cc3c(=O)[nH]2)cs1. The predicted octanol–water partition coefficient (Wildman–Crippen LogP) is 2.96. The fraction of sp³-hybridized carbons (Fsp3) is 0.267. The summed E-state index contributed by atoms with van der Waals surface area (Å²) in [6.07, 6.45) is 0.173. The van der Waals surface area contributed by atoms with E-state index in [0.29, 0.717) is 5.82 Å². The molecule has 0 saturated heterocycles. The van der Waals surface area contributed by atoms with Crippen LogP contribution in [-0.2, 0) is 11.2 Å². The van der Waals surface area contributed by atoms with Gasteiger partial charge < -0.3 is 9.72 Å². The van der Waals surface area contributed by atoms with Gasteiger partial charge in [0.05, 0.1) is 16.6 Å². The fourth-order valence-electron chi connectivity index (χ4n) is 2.13. The van der Waals surface area contributed by atoms with Crippen LogP contribution in [0.3, 0.4) is 0 Å². The molecular formula is C15H13F2N3O2S. The maximum Gasteiger partial charge on any atom is 0.258 e. The molecule has 0 amide bonds. The number of aromatic amines is 1. The minimum atomic E-state index is -1.07. The molecule has 0 aliphatic rings. The zero-order chi connectivity index (χ0) is 16.6. The molecule has 3 aromatic rings. The Balaban J connectivity index is 1.96. The topological polar surface area (TPSA) is 67.9 Å². The lowest BCUT2D eigenvalue weighted by atomic mass is 10.2. The Morgan fingerprint density at radius 3 is 2.78 bits per heavy atom. The third-order valence-electron chi connectivity index (χ3n) is 3.42. The van der Waals surface area contributed by atoms with Gasteiger partial charge in [0.15, 0.2) is 11.6 Å². The lowest BCUT2D eigenvalue weighted by molar-refractivity contribution is 0.119. The summed E-state index contributed by atoms with van der Waals surface area (Å²) >= 11 is 1.45. The van der Waals surface area contributed by atoms with Crippen LogP contribution in [0, 0.1) is 11.6 Å². The summed E-state index contributed by atoms with van der Waals surface area (Å²) < 4.78 is 31.7. The van der Waals surface area contributed by atoms with Gasteiger partial charge in [-0.05, 0) is 13.0 Å². The molecule has 0 aliphatic heterocycles. The molecule has 23 heavy (non-hydrogen) atoms. The van der Waals surface area contributed by atoms with Crippen LogP contribution in [0.5, 0.6) is 0 Å². The maximum absolute atomic E-state index is 13.3. The molecule has 3 rings (SSSR count). The van der Waals surface area contributed by atoms with Crippen molar-refractivity contribution in [3.8, 4) is 0 Å². The number of aromatic nitrogens is 3. The Bertz CT molecular complexity index is 923. The molecule has 0 fully saturated rings. The normalized spacial score (nSPS) is 12.7. The Morgan fingerprint density at radius 1 is 1.30 bits per heavy atom. The number of nitrogens with zero attached hydrogens (tertiary/aromatic N) is 2. The quantitative estimate of drug-likeness (QED) is 0.795. The van der Waals surface area contributed by atoms with Gasteiger partial charge in [-0.1, -0.05) is 0 Å². The number of hydrogen-bond acceptors (Lipinski definition) is 5. The number of thiazole rings is 1. The minimum absolute atomic E-state index is 0.0135. The highest BCUT2D eigenvalue weighted by molar-refractivity contribution is 7.09. The Hall–Kier alpha value is -2.19. The summed E-state index contributed by atoms with van der Waals surface area (Å²) in [5.41, 5.74) is 0.326. The van der Waals surface area contributed by atoms with E-state index >= 15 is 0 Å². The van der Waals surface area contributed by atoms with Crippen molar-refractivity contribution in [2.75, 3.05) is 7.11 Å². The third-order valence-corrected chi connectivity index (χ3v) is 4.47. The van der Waals surface area contributed by atoms with Crippen molar-refractivity contribution >= 4 is 22.2 Å². The van der Waals surface area contributed by atoms with E-state index in [0.717, 1.165) is 22.8 Å². The number of halogens is 2. The van der Waals surface area contributed by atoms with E-state index in [9.17, 15) is 13.6 Å². The number of methoxy groups -OCH3 is 1. The first-order valence-corrected chi connectivity index (χ1v) is 7.71. The molecule has 0 spiro atoms. The van der Waals surface area contributed by atoms with Gasteiger partial charge in [-0.3, -0.25) is 4.79 Å². The lowest BCUT2D eigenvalue weighted by Crippen LogP contribution is -2.13.